The maximum atomic E-state index is 11.6. The van der Waals surface area contributed by atoms with Gasteiger partial charge in [-0.1, -0.05) is 12.1 Å². The van der Waals surface area contributed by atoms with Gasteiger partial charge < -0.3 is 21.1 Å². The molecule has 0 aromatic heterocycles. The molecular weight excluding hydrogens is 330 g/mol. The predicted octanol–water partition coefficient (Wildman–Crippen LogP) is 1.08. The fourth-order valence-electron chi connectivity index (χ4n) is 1.31. The quantitative estimate of drug-likeness (QED) is 0.641. The molecule has 4 N–H and O–H groups in total. The van der Waals surface area contributed by atoms with Gasteiger partial charge in [0.15, 0.2) is 0 Å². The van der Waals surface area contributed by atoms with Crippen LogP contribution in [-0.2, 0) is 9.59 Å². The van der Waals surface area contributed by atoms with Gasteiger partial charge in [-0.25, -0.2) is 4.79 Å². The van der Waals surface area contributed by atoms with Gasteiger partial charge in [-0.2, -0.15) is 0 Å². The van der Waals surface area contributed by atoms with Crippen LogP contribution in [0.3, 0.4) is 0 Å². The standard InChI is InChI=1S/C12H14BrN3O4/c1-7-3-2-4-8(11(7)13)16-12(20)15-5-9(17)14-6-10(18)19/h2-4H,5-6H2,1H3,(H,14,17)(H,18,19)(H2,15,16,20). The molecule has 0 saturated carbocycles. The van der Waals surface area contributed by atoms with Gasteiger partial charge in [-0.3, -0.25) is 9.59 Å². The summed E-state index contributed by atoms with van der Waals surface area (Å²) in [6.07, 6.45) is 0. The number of carboxylic acid groups (broad SMARTS) is 1. The van der Waals surface area contributed by atoms with Crippen LogP contribution in [0.5, 0.6) is 0 Å². The number of urea groups is 1. The van der Waals surface area contributed by atoms with Gasteiger partial charge in [0.2, 0.25) is 5.91 Å². The van der Waals surface area contributed by atoms with E-state index >= 15 is 0 Å². The topological polar surface area (TPSA) is 108 Å². The Bertz CT molecular complexity index is 533. The predicted molar refractivity (Wildman–Crippen MR) is 76.5 cm³/mol. The fourth-order valence-corrected chi connectivity index (χ4v) is 1.67. The minimum Gasteiger partial charge on any atom is -0.480 e. The summed E-state index contributed by atoms with van der Waals surface area (Å²) in [6.45, 7) is 1.10. The van der Waals surface area contributed by atoms with Crippen molar-refractivity contribution >= 4 is 39.5 Å². The highest BCUT2D eigenvalue weighted by atomic mass is 79.9. The number of nitrogens with one attached hydrogen (secondary N) is 3. The Morgan fingerprint density at radius 2 is 1.90 bits per heavy atom. The molecule has 0 aliphatic heterocycles. The second-order valence-corrected chi connectivity index (χ2v) is 4.71. The lowest BCUT2D eigenvalue weighted by Gasteiger charge is -2.10. The number of halogens is 1. The molecule has 0 spiro atoms. The van der Waals surface area contributed by atoms with Gasteiger partial charge in [0.05, 0.1) is 12.2 Å². The van der Waals surface area contributed by atoms with E-state index in [0.717, 1.165) is 10.0 Å². The van der Waals surface area contributed by atoms with E-state index in [9.17, 15) is 14.4 Å². The van der Waals surface area contributed by atoms with Gasteiger partial charge in [-0.15, -0.1) is 0 Å². The molecule has 1 rings (SSSR count). The van der Waals surface area contributed by atoms with E-state index in [0.29, 0.717) is 5.69 Å². The van der Waals surface area contributed by atoms with E-state index in [1.807, 2.05) is 13.0 Å². The Labute approximate surface area is 123 Å². The lowest BCUT2D eigenvalue weighted by Crippen LogP contribution is -2.40. The van der Waals surface area contributed by atoms with E-state index in [1.165, 1.54) is 0 Å². The summed E-state index contributed by atoms with van der Waals surface area (Å²) < 4.78 is 0.755. The number of amides is 3. The average Bonchev–Trinajstić information content (AvgIpc) is 2.39. The summed E-state index contributed by atoms with van der Waals surface area (Å²) in [4.78, 5) is 33.0. The van der Waals surface area contributed by atoms with Crippen LogP contribution in [0.15, 0.2) is 22.7 Å². The van der Waals surface area contributed by atoms with Crippen LogP contribution < -0.4 is 16.0 Å². The minimum atomic E-state index is -1.15. The molecule has 0 unspecified atom stereocenters. The first kappa shape index (κ1) is 16.0. The molecule has 0 heterocycles. The zero-order valence-electron chi connectivity index (χ0n) is 10.7. The number of hydrogen-bond donors (Lipinski definition) is 4. The first-order chi connectivity index (χ1) is 9.40. The Morgan fingerprint density at radius 3 is 2.55 bits per heavy atom. The molecule has 0 aliphatic rings. The van der Waals surface area contributed by atoms with Crippen LogP contribution in [0.4, 0.5) is 10.5 Å². The van der Waals surface area contributed by atoms with E-state index in [4.69, 9.17) is 5.11 Å². The largest absolute Gasteiger partial charge is 0.480 e. The molecule has 0 aliphatic carbocycles. The molecule has 0 atom stereocenters. The summed E-state index contributed by atoms with van der Waals surface area (Å²) in [5.74, 6) is -1.72. The third kappa shape index (κ3) is 5.27. The number of carbonyl (C=O) groups excluding carboxylic acids is 2. The van der Waals surface area contributed by atoms with Crippen LogP contribution >= 0.6 is 15.9 Å². The average molecular weight is 344 g/mol. The molecule has 1 aromatic rings. The van der Waals surface area contributed by atoms with E-state index < -0.39 is 24.5 Å². The third-order valence-electron chi connectivity index (χ3n) is 2.29. The molecule has 1 aromatic carbocycles. The summed E-state index contributed by atoms with van der Waals surface area (Å²) in [6, 6.07) is 4.82. The first-order valence-corrected chi connectivity index (χ1v) is 6.48. The highest BCUT2D eigenvalue weighted by molar-refractivity contribution is 9.10. The van der Waals surface area contributed by atoms with Crippen molar-refractivity contribution in [3.8, 4) is 0 Å². The smallest absolute Gasteiger partial charge is 0.322 e. The summed E-state index contributed by atoms with van der Waals surface area (Å²) >= 11 is 3.34. The van der Waals surface area contributed by atoms with Crippen molar-refractivity contribution in [2.75, 3.05) is 18.4 Å². The first-order valence-electron chi connectivity index (χ1n) is 5.68. The number of benzene rings is 1. The lowest BCUT2D eigenvalue weighted by molar-refractivity contribution is -0.137. The number of carbonyl (C=O) groups is 3. The number of anilines is 1. The van der Waals surface area contributed by atoms with E-state index in [-0.39, 0.29) is 6.54 Å². The van der Waals surface area contributed by atoms with Crippen molar-refractivity contribution in [2.45, 2.75) is 6.92 Å². The van der Waals surface area contributed by atoms with Crippen molar-refractivity contribution in [3.05, 3.63) is 28.2 Å². The van der Waals surface area contributed by atoms with Crippen molar-refractivity contribution in [1.29, 1.82) is 0 Å². The molecule has 108 valence electrons. The number of hydrogen-bond acceptors (Lipinski definition) is 3. The maximum absolute atomic E-state index is 11.6. The Kier molecular flexibility index (Phi) is 5.98. The molecule has 0 bridgehead atoms. The van der Waals surface area contributed by atoms with Gasteiger partial charge in [0.1, 0.15) is 6.54 Å². The van der Waals surface area contributed by atoms with Crippen LogP contribution in [0.2, 0.25) is 0 Å². The molecule has 0 fully saturated rings. The molecular formula is C12H14BrN3O4. The second kappa shape index (κ2) is 7.49. The van der Waals surface area contributed by atoms with Crippen LogP contribution in [0.25, 0.3) is 0 Å². The Morgan fingerprint density at radius 1 is 1.20 bits per heavy atom. The third-order valence-corrected chi connectivity index (χ3v) is 3.34. The number of rotatable bonds is 5. The number of aryl methyl sites for hydroxylation is 1. The van der Waals surface area contributed by atoms with Crippen molar-refractivity contribution in [2.24, 2.45) is 0 Å². The van der Waals surface area contributed by atoms with E-state index in [1.54, 1.807) is 12.1 Å². The van der Waals surface area contributed by atoms with Crippen LogP contribution in [0.1, 0.15) is 5.56 Å². The van der Waals surface area contributed by atoms with Gasteiger partial charge in [0, 0.05) is 4.47 Å². The zero-order chi connectivity index (χ0) is 15.1. The zero-order valence-corrected chi connectivity index (χ0v) is 12.3. The highest BCUT2D eigenvalue weighted by Crippen LogP contribution is 2.25. The second-order valence-electron chi connectivity index (χ2n) is 3.91. The molecule has 0 saturated heterocycles. The van der Waals surface area contributed by atoms with Crippen molar-refractivity contribution in [1.82, 2.24) is 10.6 Å². The van der Waals surface area contributed by atoms with Crippen molar-refractivity contribution in [3.63, 3.8) is 0 Å². The minimum absolute atomic E-state index is 0.303. The molecule has 8 heteroatoms. The summed E-state index contributed by atoms with van der Waals surface area (Å²) in [5, 5.41) is 15.4. The Hall–Kier alpha value is -2.09. The molecule has 3 amide bonds. The molecule has 7 nitrogen and oxygen atoms in total. The summed E-state index contributed by atoms with van der Waals surface area (Å²) in [7, 11) is 0. The number of carboxylic acids is 1. The van der Waals surface area contributed by atoms with Crippen molar-refractivity contribution < 1.29 is 19.5 Å². The van der Waals surface area contributed by atoms with Crippen LogP contribution in [0, 0.1) is 6.92 Å². The van der Waals surface area contributed by atoms with Gasteiger partial charge >= 0.3 is 12.0 Å². The fraction of sp³-hybridized carbons (Fsp3) is 0.250. The monoisotopic (exact) mass is 343 g/mol. The van der Waals surface area contributed by atoms with Gasteiger partial charge in [-0.05, 0) is 34.5 Å². The normalized spacial score (nSPS) is 9.70. The SMILES string of the molecule is Cc1cccc(NC(=O)NCC(=O)NCC(=O)O)c1Br. The van der Waals surface area contributed by atoms with Gasteiger partial charge in [0.25, 0.3) is 0 Å². The van der Waals surface area contributed by atoms with E-state index in [2.05, 4.69) is 31.9 Å². The lowest BCUT2D eigenvalue weighted by atomic mass is 10.2. The number of aliphatic carboxylic acids is 1. The van der Waals surface area contributed by atoms with Crippen LogP contribution in [-0.4, -0.2) is 36.1 Å². The maximum Gasteiger partial charge on any atom is 0.322 e. The molecule has 0 radical (unpaired) electrons. The Balaban J connectivity index is 2.42. The molecule has 20 heavy (non-hydrogen) atoms. The summed E-state index contributed by atoms with van der Waals surface area (Å²) in [5.41, 5.74) is 1.54. The highest BCUT2D eigenvalue weighted by Gasteiger charge is 2.09.